The van der Waals surface area contributed by atoms with Gasteiger partial charge in [0.05, 0.1) is 53.2 Å². The van der Waals surface area contributed by atoms with E-state index in [1.807, 2.05) is 21.1 Å². The molecule has 0 spiro atoms. The van der Waals surface area contributed by atoms with Gasteiger partial charge in [0.25, 0.3) is 0 Å². The van der Waals surface area contributed by atoms with Crippen molar-refractivity contribution >= 4 is 13.6 Å². The number of ether oxygens (including phenoxy) is 2. The highest BCUT2D eigenvalue weighted by atomic mass is 31.2. The normalized spacial score (nSPS) is 33.0. The Hall–Kier alpha value is -0.580. The van der Waals surface area contributed by atoms with E-state index in [4.69, 9.17) is 19.1 Å². The minimum atomic E-state index is -3.99. The van der Waals surface area contributed by atoms with Crippen molar-refractivity contribution in [2.45, 2.75) is 37.4 Å². The highest BCUT2D eigenvalue weighted by molar-refractivity contribution is 7.51. The molecule has 0 saturated carbocycles. The van der Waals surface area contributed by atoms with Crippen molar-refractivity contribution < 1.29 is 48.1 Å². The van der Waals surface area contributed by atoms with E-state index < -0.39 is 44.1 Å². The summed E-state index contributed by atoms with van der Waals surface area (Å²) >= 11 is 0. The predicted octanol–water partition coefficient (Wildman–Crippen LogP) is -1.76. The number of hydrogen-bond acceptors (Lipinski definition) is 8. The Labute approximate surface area is 147 Å². The fourth-order valence-corrected chi connectivity index (χ4v) is 3.65. The molecule has 25 heavy (non-hydrogen) atoms. The Balaban J connectivity index is 2.43. The molecule has 0 aromatic heterocycles. The molecular weight excluding hydrogens is 357 g/mol. The van der Waals surface area contributed by atoms with Crippen LogP contribution in [0.1, 0.15) is 6.92 Å². The lowest BCUT2D eigenvalue weighted by Crippen LogP contribution is -2.59. The molecule has 1 saturated heterocycles. The molecular formula is C14H28NO9P. The zero-order chi connectivity index (χ0) is 19.4. The van der Waals surface area contributed by atoms with Gasteiger partial charge < -0.3 is 43.3 Å². The second-order valence-corrected chi connectivity index (χ2v) is 9.03. The number of aliphatic hydroxyl groups is 2. The van der Waals surface area contributed by atoms with Gasteiger partial charge in [-0.1, -0.05) is 0 Å². The summed E-state index contributed by atoms with van der Waals surface area (Å²) in [6.45, 7) is 1.50. The molecule has 0 aromatic carbocycles. The zero-order valence-corrected chi connectivity index (χ0v) is 15.8. The number of nitrogens with zero attached hydrogens (tertiary/aromatic N) is 1. The Kier molecular flexibility index (Phi) is 7.97. The van der Waals surface area contributed by atoms with E-state index in [0.717, 1.165) is 0 Å². The summed E-state index contributed by atoms with van der Waals surface area (Å²) in [6.07, 6.45) is -6.56. The van der Waals surface area contributed by atoms with E-state index in [0.29, 0.717) is 11.0 Å². The first-order valence-electron chi connectivity index (χ1n) is 7.95. The average molecular weight is 385 g/mol. The van der Waals surface area contributed by atoms with Crippen LogP contribution in [0.25, 0.3) is 0 Å². The topological polar surface area (TPSA) is 146 Å². The van der Waals surface area contributed by atoms with Gasteiger partial charge in [0, 0.05) is 0 Å². The van der Waals surface area contributed by atoms with Gasteiger partial charge in [0.1, 0.15) is 25.9 Å². The van der Waals surface area contributed by atoms with Gasteiger partial charge in [0.15, 0.2) is 6.10 Å². The number of aliphatic carboxylic acids is 1. The summed E-state index contributed by atoms with van der Waals surface area (Å²) in [5, 5.41) is 28.7. The van der Waals surface area contributed by atoms with Crippen LogP contribution in [0.15, 0.2) is 0 Å². The molecule has 0 aromatic rings. The van der Waals surface area contributed by atoms with Gasteiger partial charge in [-0.2, -0.15) is 0 Å². The van der Waals surface area contributed by atoms with Crippen LogP contribution in [0.3, 0.4) is 0 Å². The number of carbonyl (C=O) groups is 1. The lowest BCUT2D eigenvalue weighted by atomic mass is 9.95. The van der Waals surface area contributed by atoms with Gasteiger partial charge >= 0.3 is 5.97 Å². The van der Waals surface area contributed by atoms with Crippen LogP contribution in [0, 0.1) is 0 Å². The van der Waals surface area contributed by atoms with Crippen LogP contribution in [-0.2, 0) is 23.4 Å². The highest BCUT2D eigenvalue weighted by Crippen LogP contribution is 2.36. The summed E-state index contributed by atoms with van der Waals surface area (Å²) in [5.41, 5.74) is 0. The molecule has 3 unspecified atom stereocenters. The van der Waals surface area contributed by atoms with Crippen LogP contribution in [0.2, 0.25) is 0 Å². The van der Waals surface area contributed by atoms with Crippen molar-refractivity contribution in [3.63, 3.8) is 0 Å². The SMILES string of the molecule is CC1OC(C(=O)O)[C@@H](O)[C@H](O)[C@H]1OCCOP(=O)([O-])CC[N+](C)(C)C. The fourth-order valence-electron chi connectivity index (χ4n) is 2.33. The van der Waals surface area contributed by atoms with Crippen molar-refractivity contribution in [1.82, 2.24) is 0 Å². The van der Waals surface area contributed by atoms with Gasteiger partial charge in [-0.25, -0.2) is 4.79 Å². The number of rotatable bonds is 9. The number of quaternary nitrogens is 1. The summed E-state index contributed by atoms with van der Waals surface area (Å²) in [5.74, 6) is -1.38. The molecule has 1 heterocycles. The molecule has 10 nitrogen and oxygen atoms in total. The molecule has 3 N–H and O–H groups in total. The first-order chi connectivity index (χ1) is 11.3. The van der Waals surface area contributed by atoms with Crippen molar-refractivity contribution in [1.29, 1.82) is 0 Å². The van der Waals surface area contributed by atoms with Gasteiger partial charge in [-0.15, -0.1) is 0 Å². The third-order valence-corrected chi connectivity index (χ3v) is 5.11. The monoisotopic (exact) mass is 385 g/mol. The van der Waals surface area contributed by atoms with Crippen molar-refractivity contribution in [2.24, 2.45) is 0 Å². The number of aliphatic hydroxyl groups excluding tert-OH is 2. The van der Waals surface area contributed by atoms with Crippen LogP contribution in [0.4, 0.5) is 0 Å². The van der Waals surface area contributed by atoms with Crippen LogP contribution >= 0.6 is 7.60 Å². The Morgan fingerprint density at radius 3 is 2.36 bits per heavy atom. The van der Waals surface area contributed by atoms with E-state index in [1.54, 1.807) is 0 Å². The Morgan fingerprint density at radius 1 is 1.24 bits per heavy atom. The molecule has 1 aliphatic rings. The highest BCUT2D eigenvalue weighted by Gasteiger charge is 2.46. The maximum absolute atomic E-state index is 11.8. The van der Waals surface area contributed by atoms with E-state index in [2.05, 4.69) is 0 Å². The minimum absolute atomic E-state index is 0.110. The first kappa shape index (κ1) is 22.5. The van der Waals surface area contributed by atoms with E-state index in [1.165, 1.54) is 6.92 Å². The second-order valence-electron chi connectivity index (χ2n) is 7.10. The van der Waals surface area contributed by atoms with Gasteiger partial charge in [-0.3, -0.25) is 0 Å². The Morgan fingerprint density at radius 2 is 1.84 bits per heavy atom. The number of carboxylic acids is 1. The molecule has 148 valence electrons. The third kappa shape index (κ3) is 7.28. The van der Waals surface area contributed by atoms with Crippen LogP contribution < -0.4 is 4.89 Å². The zero-order valence-electron chi connectivity index (χ0n) is 14.9. The molecule has 0 radical (unpaired) electrons. The lowest BCUT2D eigenvalue weighted by molar-refractivity contribution is -0.868. The predicted molar refractivity (Wildman–Crippen MR) is 85.0 cm³/mol. The lowest BCUT2D eigenvalue weighted by Gasteiger charge is -2.39. The summed E-state index contributed by atoms with van der Waals surface area (Å²) < 4.78 is 27.6. The molecule has 1 rings (SSSR count). The maximum Gasteiger partial charge on any atom is 0.335 e. The fraction of sp³-hybridized carbons (Fsp3) is 0.929. The van der Waals surface area contributed by atoms with Gasteiger partial charge in [-0.05, 0) is 6.92 Å². The third-order valence-electron chi connectivity index (χ3n) is 3.79. The summed E-state index contributed by atoms with van der Waals surface area (Å²) in [4.78, 5) is 22.7. The van der Waals surface area contributed by atoms with E-state index in [-0.39, 0.29) is 19.4 Å². The molecule has 1 aliphatic heterocycles. The summed E-state index contributed by atoms with van der Waals surface area (Å²) in [7, 11) is 1.61. The van der Waals surface area contributed by atoms with E-state index in [9.17, 15) is 24.5 Å². The molecule has 6 atom stereocenters. The molecule has 0 aliphatic carbocycles. The largest absolute Gasteiger partial charge is 0.778 e. The molecule has 0 bridgehead atoms. The van der Waals surface area contributed by atoms with Crippen molar-refractivity contribution in [2.75, 3.05) is 47.1 Å². The summed E-state index contributed by atoms with van der Waals surface area (Å²) in [6, 6.07) is 0. The first-order valence-corrected chi connectivity index (χ1v) is 9.68. The molecule has 0 amide bonds. The quantitative estimate of drug-likeness (QED) is 0.239. The average Bonchev–Trinajstić information content (AvgIpc) is 2.47. The number of carboxylic acid groups (broad SMARTS) is 1. The van der Waals surface area contributed by atoms with Crippen molar-refractivity contribution in [3.8, 4) is 0 Å². The maximum atomic E-state index is 11.8. The van der Waals surface area contributed by atoms with Crippen LogP contribution in [0.5, 0.6) is 0 Å². The second kappa shape index (κ2) is 8.88. The standard InChI is InChI=1S/C14H28NO9P/c1-9-12(10(16)11(17)13(24-9)14(18)19)22-6-7-23-25(20,21)8-5-15(2,3)4/h9-13,16-17H,5-8H2,1-4H3,(H-,18,19,20,21)/t9?,10-,11-,12-,13?/m0/s1. The van der Waals surface area contributed by atoms with Crippen LogP contribution in [-0.4, -0.2) is 103 Å². The Bertz CT molecular complexity index is 495. The number of hydrogen-bond donors (Lipinski definition) is 3. The van der Waals surface area contributed by atoms with Crippen molar-refractivity contribution in [3.05, 3.63) is 0 Å². The molecule has 11 heteroatoms. The van der Waals surface area contributed by atoms with Gasteiger partial charge in [0.2, 0.25) is 0 Å². The van der Waals surface area contributed by atoms with E-state index >= 15 is 0 Å². The minimum Gasteiger partial charge on any atom is -0.778 e. The molecule has 1 fully saturated rings. The smallest absolute Gasteiger partial charge is 0.335 e.